The van der Waals surface area contributed by atoms with Crippen LogP contribution in [0.15, 0.2) is 42.5 Å². The van der Waals surface area contributed by atoms with E-state index >= 15 is 0 Å². The number of hydrogen-bond donors (Lipinski definition) is 0. The fourth-order valence-electron chi connectivity index (χ4n) is 4.64. The number of hydrogen-bond acceptors (Lipinski definition) is 2. The standard InChI is InChI=1S/C21H26N2O2/c24-19-10-11-21(23(19)16-17-6-2-1-3-7-17)12-14-22(15-13-21)20(25)18-8-4-5-9-18/h1-7,18H,8-16H2. The molecular formula is C21H26N2O2. The minimum Gasteiger partial charge on any atom is -0.342 e. The zero-order chi connectivity index (χ0) is 17.3. The number of nitrogens with zero attached hydrogens (tertiary/aromatic N) is 2. The number of allylic oxidation sites excluding steroid dienone is 2. The molecule has 0 aromatic heterocycles. The Kier molecular flexibility index (Phi) is 4.36. The number of amides is 2. The third kappa shape index (κ3) is 3.10. The summed E-state index contributed by atoms with van der Waals surface area (Å²) < 4.78 is 0. The first-order valence-corrected chi connectivity index (χ1v) is 9.46. The fourth-order valence-corrected chi connectivity index (χ4v) is 4.64. The molecule has 0 unspecified atom stereocenters. The normalized spacial score (nSPS) is 23.0. The molecule has 0 atom stereocenters. The van der Waals surface area contributed by atoms with Crippen molar-refractivity contribution in [2.24, 2.45) is 5.92 Å². The van der Waals surface area contributed by atoms with Crippen molar-refractivity contribution in [2.45, 2.75) is 50.6 Å². The second kappa shape index (κ2) is 6.66. The van der Waals surface area contributed by atoms with Gasteiger partial charge in [-0.25, -0.2) is 0 Å². The van der Waals surface area contributed by atoms with E-state index in [2.05, 4.69) is 29.2 Å². The molecule has 1 aromatic carbocycles. The largest absolute Gasteiger partial charge is 0.342 e. The maximum absolute atomic E-state index is 12.6. The van der Waals surface area contributed by atoms with Gasteiger partial charge < -0.3 is 9.80 Å². The molecule has 0 radical (unpaired) electrons. The van der Waals surface area contributed by atoms with Gasteiger partial charge in [-0.05, 0) is 37.7 Å². The van der Waals surface area contributed by atoms with Gasteiger partial charge >= 0.3 is 0 Å². The number of piperidine rings is 1. The number of benzene rings is 1. The summed E-state index contributed by atoms with van der Waals surface area (Å²) in [5.41, 5.74) is 1.14. The molecule has 2 saturated heterocycles. The number of carbonyl (C=O) groups is 2. The molecule has 4 rings (SSSR count). The summed E-state index contributed by atoms with van der Waals surface area (Å²) in [6.45, 7) is 2.27. The molecule has 0 N–H and O–H groups in total. The van der Waals surface area contributed by atoms with E-state index in [1.54, 1.807) is 0 Å². The van der Waals surface area contributed by atoms with Gasteiger partial charge in [0.05, 0.1) is 0 Å². The molecule has 25 heavy (non-hydrogen) atoms. The van der Waals surface area contributed by atoms with Crippen molar-refractivity contribution in [2.75, 3.05) is 13.1 Å². The van der Waals surface area contributed by atoms with Gasteiger partial charge in [0.25, 0.3) is 0 Å². The Labute approximate surface area is 149 Å². The summed E-state index contributed by atoms with van der Waals surface area (Å²) in [4.78, 5) is 29.3. The van der Waals surface area contributed by atoms with Crippen molar-refractivity contribution >= 4 is 11.8 Å². The molecule has 2 fully saturated rings. The van der Waals surface area contributed by atoms with E-state index in [0.717, 1.165) is 45.2 Å². The second-order valence-corrected chi connectivity index (χ2v) is 7.65. The maximum atomic E-state index is 12.6. The molecule has 4 nitrogen and oxygen atoms in total. The zero-order valence-electron chi connectivity index (χ0n) is 14.7. The first-order valence-electron chi connectivity index (χ1n) is 9.46. The third-order valence-corrected chi connectivity index (χ3v) is 6.22. The zero-order valence-corrected chi connectivity index (χ0v) is 14.7. The van der Waals surface area contributed by atoms with Crippen molar-refractivity contribution in [3.8, 4) is 0 Å². The molecule has 2 heterocycles. The smallest absolute Gasteiger partial charge is 0.226 e. The molecule has 2 amide bonds. The van der Waals surface area contributed by atoms with Crippen LogP contribution in [0.3, 0.4) is 0 Å². The Balaban J connectivity index is 1.43. The quantitative estimate of drug-likeness (QED) is 0.795. The van der Waals surface area contributed by atoms with E-state index in [4.69, 9.17) is 0 Å². The van der Waals surface area contributed by atoms with Crippen LogP contribution in [-0.4, -0.2) is 40.2 Å². The van der Waals surface area contributed by atoms with Crippen LogP contribution < -0.4 is 0 Å². The second-order valence-electron chi connectivity index (χ2n) is 7.65. The van der Waals surface area contributed by atoms with Crippen LogP contribution in [0.2, 0.25) is 0 Å². The van der Waals surface area contributed by atoms with Crippen LogP contribution in [-0.2, 0) is 16.1 Å². The highest BCUT2D eigenvalue weighted by atomic mass is 16.2. The highest BCUT2D eigenvalue weighted by Crippen LogP contribution is 2.40. The first kappa shape index (κ1) is 16.4. The van der Waals surface area contributed by atoms with Gasteiger partial charge in [0.1, 0.15) is 0 Å². The van der Waals surface area contributed by atoms with Crippen LogP contribution in [0.5, 0.6) is 0 Å². The Morgan fingerprint density at radius 3 is 2.40 bits per heavy atom. The van der Waals surface area contributed by atoms with Gasteiger partial charge in [0.15, 0.2) is 0 Å². The predicted molar refractivity (Wildman–Crippen MR) is 96.6 cm³/mol. The highest BCUT2D eigenvalue weighted by Gasteiger charge is 2.47. The van der Waals surface area contributed by atoms with Gasteiger partial charge in [-0.2, -0.15) is 0 Å². The van der Waals surface area contributed by atoms with Gasteiger partial charge in [0.2, 0.25) is 11.8 Å². The minimum absolute atomic E-state index is 0.0440. The Morgan fingerprint density at radius 1 is 1.04 bits per heavy atom. The summed E-state index contributed by atoms with van der Waals surface area (Å²) in [6.07, 6.45) is 9.42. The Morgan fingerprint density at radius 2 is 1.72 bits per heavy atom. The van der Waals surface area contributed by atoms with E-state index < -0.39 is 0 Å². The summed E-state index contributed by atoms with van der Waals surface area (Å²) in [7, 11) is 0. The average Bonchev–Trinajstić information content (AvgIpc) is 3.28. The lowest BCUT2D eigenvalue weighted by Gasteiger charge is -2.45. The van der Waals surface area contributed by atoms with Crippen LogP contribution >= 0.6 is 0 Å². The third-order valence-electron chi connectivity index (χ3n) is 6.22. The molecule has 2 aliphatic heterocycles. The van der Waals surface area contributed by atoms with Gasteiger partial charge in [-0.1, -0.05) is 42.5 Å². The van der Waals surface area contributed by atoms with Crippen LogP contribution in [0.25, 0.3) is 0 Å². The van der Waals surface area contributed by atoms with Crippen LogP contribution in [0.1, 0.15) is 44.1 Å². The number of likely N-dealkylation sites (tertiary alicyclic amines) is 2. The van der Waals surface area contributed by atoms with E-state index in [-0.39, 0.29) is 17.4 Å². The number of rotatable bonds is 3. The first-order chi connectivity index (χ1) is 12.2. The molecule has 1 aliphatic carbocycles. The van der Waals surface area contributed by atoms with Crippen molar-refractivity contribution < 1.29 is 9.59 Å². The molecule has 0 saturated carbocycles. The van der Waals surface area contributed by atoms with Gasteiger partial charge in [-0.15, -0.1) is 0 Å². The van der Waals surface area contributed by atoms with E-state index in [1.807, 2.05) is 23.1 Å². The van der Waals surface area contributed by atoms with Gasteiger partial charge in [0, 0.05) is 37.5 Å². The molecule has 4 heteroatoms. The molecule has 132 valence electrons. The number of carbonyl (C=O) groups excluding carboxylic acids is 2. The molecular weight excluding hydrogens is 312 g/mol. The van der Waals surface area contributed by atoms with Crippen molar-refractivity contribution in [3.63, 3.8) is 0 Å². The van der Waals surface area contributed by atoms with Crippen LogP contribution in [0, 0.1) is 5.92 Å². The molecule has 1 aromatic rings. The van der Waals surface area contributed by atoms with Crippen molar-refractivity contribution in [1.29, 1.82) is 0 Å². The Hall–Kier alpha value is -2.10. The Bertz CT molecular complexity index is 666. The monoisotopic (exact) mass is 338 g/mol. The lowest BCUT2D eigenvalue weighted by Crippen LogP contribution is -2.54. The van der Waals surface area contributed by atoms with Crippen molar-refractivity contribution in [3.05, 3.63) is 48.0 Å². The van der Waals surface area contributed by atoms with Gasteiger partial charge in [-0.3, -0.25) is 9.59 Å². The van der Waals surface area contributed by atoms with Crippen molar-refractivity contribution in [1.82, 2.24) is 9.80 Å². The minimum atomic E-state index is -0.0440. The van der Waals surface area contributed by atoms with Crippen LogP contribution in [0.4, 0.5) is 0 Å². The lowest BCUT2D eigenvalue weighted by molar-refractivity contribution is -0.139. The molecule has 1 spiro atoms. The molecule has 3 aliphatic rings. The molecule has 0 bridgehead atoms. The van der Waals surface area contributed by atoms with E-state index in [0.29, 0.717) is 18.9 Å². The highest BCUT2D eigenvalue weighted by molar-refractivity contribution is 5.81. The predicted octanol–water partition coefficient (Wildman–Crippen LogP) is 3.14. The fraction of sp³-hybridized carbons (Fsp3) is 0.524. The summed E-state index contributed by atoms with van der Waals surface area (Å²) >= 11 is 0. The topological polar surface area (TPSA) is 40.6 Å². The SMILES string of the molecule is O=C(C1CC=CC1)N1CCC2(CCC(=O)N2Cc2ccccc2)CC1. The van der Waals surface area contributed by atoms with E-state index in [9.17, 15) is 9.59 Å². The van der Waals surface area contributed by atoms with E-state index in [1.165, 1.54) is 5.56 Å². The summed E-state index contributed by atoms with van der Waals surface area (Å²) in [6, 6.07) is 10.2. The summed E-state index contributed by atoms with van der Waals surface area (Å²) in [5, 5.41) is 0. The summed E-state index contributed by atoms with van der Waals surface area (Å²) in [5.74, 6) is 0.724. The lowest BCUT2D eigenvalue weighted by atomic mass is 9.84. The maximum Gasteiger partial charge on any atom is 0.226 e. The average molecular weight is 338 g/mol.